The molecule has 6 heteroatoms. The van der Waals surface area contributed by atoms with Gasteiger partial charge in [0.25, 0.3) is 0 Å². The van der Waals surface area contributed by atoms with Crippen LogP contribution >= 0.6 is 11.7 Å². The third kappa shape index (κ3) is 4.06. The van der Waals surface area contributed by atoms with E-state index in [1.54, 1.807) is 0 Å². The van der Waals surface area contributed by atoms with E-state index >= 15 is 0 Å². The van der Waals surface area contributed by atoms with E-state index in [4.69, 9.17) is 4.74 Å². The molecule has 0 bridgehead atoms. The van der Waals surface area contributed by atoms with Gasteiger partial charge in [0.05, 0.1) is 23.8 Å². The number of carboxylic acids is 1. The van der Waals surface area contributed by atoms with Gasteiger partial charge in [0, 0.05) is 5.56 Å². The first-order chi connectivity index (χ1) is 14.4. The number of hydrogen-bond acceptors (Lipinski definition) is 5. The van der Waals surface area contributed by atoms with Crippen molar-refractivity contribution >= 4 is 28.7 Å². The van der Waals surface area contributed by atoms with E-state index in [0.717, 1.165) is 33.5 Å². The SMILES string of the molecule is CCC(CC(C)C)(C(=O)O)c1ccc(OCC2CC2)c(-c2ccc3nsnc3c2)c1. The number of hydrogen-bond donors (Lipinski definition) is 1. The average Bonchev–Trinajstić information content (AvgIpc) is 3.44. The molecule has 0 saturated heterocycles. The van der Waals surface area contributed by atoms with E-state index in [-0.39, 0.29) is 5.92 Å². The molecule has 1 aliphatic carbocycles. The van der Waals surface area contributed by atoms with Crippen LogP contribution in [0.4, 0.5) is 0 Å². The first-order valence-electron chi connectivity index (χ1n) is 10.7. The van der Waals surface area contributed by atoms with Crippen molar-refractivity contribution in [2.24, 2.45) is 11.8 Å². The molecule has 4 rings (SSSR count). The highest BCUT2D eigenvalue weighted by Crippen LogP contribution is 2.41. The zero-order valence-electron chi connectivity index (χ0n) is 17.7. The number of nitrogens with zero attached hydrogens (tertiary/aromatic N) is 2. The summed E-state index contributed by atoms with van der Waals surface area (Å²) in [6.45, 7) is 6.81. The molecular weight excluding hydrogens is 396 g/mol. The zero-order chi connectivity index (χ0) is 21.3. The number of ether oxygens (including phenoxy) is 1. The number of aliphatic carboxylic acids is 1. The molecular formula is C24H28N2O3S. The highest BCUT2D eigenvalue weighted by Gasteiger charge is 2.39. The fourth-order valence-corrected chi connectivity index (χ4v) is 4.66. The van der Waals surface area contributed by atoms with Gasteiger partial charge in [-0.2, -0.15) is 8.75 Å². The number of rotatable bonds is 9. The molecule has 1 aliphatic rings. The summed E-state index contributed by atoms with van der Waals surface area (Å²) in [5.74, 6) is 0.939. The molecule has 158 valence electrons. The lowest BCUT2D eigenvalue weighted by Gasteiger charge is -2.31. The smallest absolute Gasteiger partial charge is 0.314 e. The van der Waals surface area contributed by atoms with Crippen molar-refractivity contribution in [1.29, 1.82) is 0 Å². The summed E-state index contributed by atoms with van der Waals surface area (Å²) in [5, 5.41) is 10.2. The molecule has 0 radical (unpaired) electrons. The molecule has 2 aromatic carbocycles. The zero-order valence-corrected chi connectivity index (χ0v) is 18.5. The van der Waals surface area contributed by atoms with Crippen LogP contribution in [-0.2, 0) is 10.2 Å². The summed E-state index contributed by atoms with van der Waals surface area (Å²) in [7, 11) is 0. The van der Waals surface area contributed by atoms with Crippen LogP contribution < -0.4 is 4.74 Å². The molecule has 30 heavy (non-hydrogen) atoms. The van der Waals surface area contributed by atoms with Gasteiger partial charge in [0.2, 0.25) is 0 Å². The predicted octanol–water partition coefficient (Wildman–Crippen LogP) is 5.93. The van der Waals surface area contributed by atoms with Gasteiger partial charge in [0.1, 0.15) is 16.8 Å². The summed E-state index contributed by atoms with van der Waals surface area (Å²) < 4.78 is 14.8. The third-order valence-electron chi connectivity index (χ3n) is 6.04. The van der Waals surface area contributed by atoms with Crippen molar-refractivity contribution in [3.63, 3.8) is 0 Å². The van der Waals surface area contributed by atoms with Crippen molar-refractivity contribution < 1.29 is 14.6 Å². The number of carbonyl (C=O) groups is 1. The van der Waals surface area contributed by atoms with Gasteiger partial charge in [-0.1, -0.05) is 32.9 Å². The molecule has 1 saturated carbocycles. The predicted molar refractivity (Wildman–Crippen MR) is 120 cm³/mol. The maximum absolute atomic E-state index is 12.4. The maximum Gasteiger partial charge on any atom is 0.314 e. The molecule has 3 aromatic rings. The van der Waals surface area contributed by atoms with Gasteiger partial charge in [-0.3, -0.25) is 4.79 Å². The molecule has 1 fully saturated rings. The Morgan fingerprint density at radius 3 is 2.63 bits per heavy atom. The summed E-state index contributed by atoms with van der Waals surface area (Å²) in [6, 6.07) is 11.9. The number of carboxylic acid groups (broad SMARTS) is 1. The lowest BCUT2D eigenvalue weighted by molar-refractivity contribution is -0.144. The molecule has 0 amide bonds. The summed E-state index contributed by atoms with van der Waals surface area (Å²) in [6.07, 6.45) is 3.57. The quantitative estimate of drug-likeness (QED) is 0.461. The Labute approximate surface area is 181 Å². The number of benzene rings is 2. The second-order valence-corrected chi connectivity index (χ2v) is 9.30. The van der Waals surface area contributed by atoms with Crippen LogP contribution in [-0.4, -0.2) is 26.4 Å². The van der Waals surface area contributed by atoms with E-state index in [1.807, 2.05) is 43.3 Å². The van der Waals surface area contributed by atoms with E-state index < -0.39 is 11.4 Å². The topological polar surface area (TPSA) is 72.3 Å². The van der Waals surface area contributed by atoms with E-state index in [0.29, 0.717) is 25.4 Å². The second-order valence-electron chi connectivity index (χ2n) is 8.77. The van der Waals surface area contributed by atoms with Crippen LogP contribution in [0.15, 0.2) is 36.4 Å². The Bertz CT molecular complexity index is 1060. The molecule has 0 spiro atoms. The molecule has 1 aromatic heterocycles. The van der Waals surface area contributed by atoms with Crippen LogP contribution in [0, 0.1) is 11.8 Å². The van der Waals surface area contributed by atoms with Crippen LogP contribution in [0.3, 0.4) is 0 Å². The molecule has 1 unspecified atom stereocenters. The minimum Gasteiger partial charge on any atom is -0.493 e. The Morgan fingerprint density at radius 1 is 1.20 bits per heavy atom. The van der Waals surface area contributed by atoms with Gasteiger partial charge in [-0.15, -0.1) is 0 Å². The van der Waals surface area contributed by atoms with Gasteiger partial charge >= 0.3 is 5.97 Å². The van der Waals surface area contributed by atoms with E-state index in [1.165, 1.54) is 24.6 Å². The van der Waals surface area contributed by atoms with Crippen molar-refractivity contribution in [3.8, 4) is 16.9 Å². The maximum atomic E-state index is 12.4. The van der Waals surface area contributed by atoms with Gasteiger partial charge < -0.3 is 9.84 Å². The van der Waals surface area contributed by atoms with Crippen molar-refractivity contribution in [2.45, 2.75) is 51.9 Å². The lowest BCUT2D eigenvalue weighted by atomic mass is 9.72. The Morgan fingerprint density at radius 2 is 1.97 bits per heavy atom. The molecule has 1 atom stereocenters. The van der Waals surface area contributed by atoms with Gasteiger partial charge in [0.15, 0.2) is 0 Å². The fraction of sp³-hybridized carbons (Fsp3) is 0.458. The first kappa shape index (κ1) is 20.8. The minimum atomic E-state index is -0.912. The van der Waals surface area contributed by atoms with E-state index in [2.05, 4.69) is 22.6 Å². The largest absolute Gasteiger partial charge is 0.493 e. The molecule has 0 aliphatic heterocycles. The van der Waals surface area contributed by atoms with Crippen LogP contribution in [0.5, 0.6) is 5.75 Å². The third-order valence-corrected chi connectivity index (χ3v) is 6.59. The van der Waals surface area contributed by atoms with Crippen molar-refractivity contribution in [1.82, 2.24) is 8.75 Å². The monoisotopic (exact) mass is 424 g/mol. The normalized spacial score (nSPS) is 16.0. The summed E-state index contributed by atoms with van der Waals surface area (Å²) >= 11 is 1.20. The Balaban J connectivity index is 1.82. The van der Waals surface area contributed by atoms with Crippen LogP contribution in [0.25, 0.3) is 22.2 Å². The lowest BCUT2D eigenvalue weighted by Crippen LogP contribution is -2.36. The number of fused-ring (bicyclic) bond motifs is 1. The highest BCUT2D eigenvalue weighted by atomic mass is 32.1. The van der Waals surface area contributed by atoms with Gasteiger partial charge in [-0.25, -0.2) is 0 Å². The second kappa shape index (κ2) is 8.34. The minimum absolute atomic E-state index is 0.271. The summed E-state index contributed by atoms with van der Waals surface area (Å²) in [5.41, 5.74) is 3.53. The molecule has 1 N–H and O–H groups in total. The standard InChI is InChI=1S/C24H28N2O3S/c1-4-24(23(27)28,13-15(2)3)18-8-10-22(29-14-16-5-6-16)19(12-18)17-7-9-20-21(11-17)26-30-25-20/h7-12,15-16H,4-6,13-14H2,1-3H3,(H,27,28). The average molecular weight is 425 g/mol. The summed E-state index contributed by atoms with van der Waals surface area (Å²) in [4.78, 5) is 12.4. The fourth-order valence-electron chi connectivity index (χ4n) is 4.15. The Hall–Kier alpha value is -2.47. The first-order valence-corrected chi connectivity index (χ1v) is 11.4. The number of aromatic nitrogens is 2. The van der Waals surface area contributed by atoms with Crippen molar-refractivity contribution in [3.05, 3.63) is 42.0 Å². The van der Waals surface area contributed by atoms with Gasteiger partial charge in [-0.05, 0) is 72.9 Å². The molecule has 5 nitrogen and oxygen atoms in total. The highest BCUT2D eigenvalue weighted by molar-refractivity contribution is 7.00. The van der Waals surface area contributed by atoms with Crippen LogP contribution in [0.2, 0.25) is 0 Å². The van der Waals surface area contributed by atoms with E-state index in [9.17, 15) is 9.90 Å². The Kier molecular flexibility index (Phi) is 5.78. The molecule has 1 heterocycles. The van der Waals surface area contributed by atoms with Crippen LogP contribution in [0.1, 0.15) is 52.0 Å². The van der Waals surface area contributed by atoms with Crippen molar-refractivity contribution in [2.75, 3.05) is 6.61 Å².